The van der Waals surface area contributed by atoms with Crippen molar-refractivity contribution in [2.45, 2.75) is 18.9 Å². The van der Waals surface area contributed by atoms with Crippen molar-refractivity contribution >= 4 is 16.0 Å². The molecule has 0 aromatic rings. The highest BCUT2D eigenvalue weighted by molar-refractivity contribution is 7.89. The maximum Gasteiger partial charge on any atom is 0.332 e. The minimum atomic E-state index is -3.18. The fourth-order valence-corrected chi connectivity index (χ4v) is 2.88. The molecule has 0 aliphatic carbocycles. The Bertz CT molecular complexity index is 312. The molecule has 1 saturated heterocycles. The van der Waals surface area contributed by atoms with Gasteiger partial charge in [-0.05, 0) is 12.8 Å². The van der Waals surface area contributed by atoms with Crippen LogP contribution in [0, 0.1) is 0 Å². The molecule has 1 aliphatic rings. The van der Waals surface area contributed by atoms with Crippen LogP contribution < -0.4 is 0 Å². The Morgan fingerprint density at radius 2 is 2.14 bits per heavy atom. The molecule has 0 spiro atoms. The van der Waals surface area contributed by atoms with Gasteiger partial charge in [0.25, 0.3) is 0 Å². The number of aliphatic carboxylic acids is 1. The van der Waals surface area contributed by atoms with Gasteiger partial charge in [-0.2, -0.15) is 0 Å². The molecule has 1 fully saturated rings. The van der Waals surface area contributed by atoms with Gasteiger partial charge in [-0.1, -0.05) is 0 Å². The van der Waals surface area contributed by atoms with E-state index < -0.39 is 22.1 Å². The van der Waals surface area contributed by atoms with Crippen LogP contribution in [0.4, 0.5) is 0 Å². The first-order valence-corrected chi connectivity index (χ1v) is 5.93. The van der Waals surface area contributed by atoms with Crippen LogP contribution in [0.3, 0.4) is 0 Å². The summed E-state index contributed by atoms with van der Waals surface area (Å²) in [5.74, 6) is -1.20. The van der Waals surface area contributed by atoms with Gasteiger partial charge in [-0.3, -0.25) is 0 Å². The van der Waals surface area contributed by atoms with Crippen LogP contribution in [-0.2, 0) is 14.8 Å². The first kappa shape index (κ1) is 11.4. The molecular weight excluding hydrogens is 210 g/mol. The molecule has 7 heteroatoms. The zero-order valence-electron chi connectivity index (χ0n) is 7.59. The van der Waals surface area contributed by atoms with Crippen LogP contribution in [0.2, 0.25) is 0 Å². The Balaban J connectivity index is 2.43. The Kier molecular flexibility index (Phi) is 3.46. The smallest absolute Gasteiger partial charge is 0.332 e. The van der Waals surface area contributed by atoms with Gasteiger partial charge in [0.05, 0.1) is 5.75 Å². The van der Waals surface area contributed by atoms with Crippen molar-refractivity contribution in [3.05, 3.63) is 0 Å². The molecule has 6 nitrogen and oxygen atoms in total. The lowest BCUT2D eigenvalue weighted by Gasteiger charge is -2.14. The van der Waals surface area contributed by atoms with Crippen LogP contribution in [0.5, 0.6) is 0 Å². The Hall–Kier alpha value is -0.660. The molecule has 0 amide bonds. The molecule has 1 rings (SSSR count). The lowest BCUT2D eigenvalue weighted by atomic mass is 10.2. The average Bonchev–Trinajstić information content (AvgIpc) is 2.40. The predicted octanol–water partition coefficient (Wildman–Crippen LogP) is -1.14. The third kappa shape index (κ3) is 2.66. The van der Waals surface area contributed by atoms with Gasteiger partial charge in [0.2, 0.25) is 10.0 Å². The number of hydrogen-bond donors (Lipinski definition) is 2. The molecule has 0 bridgehead atoms. The summed E-state index contributed by atoms with van der Waals surface area (Å²) >= 11 is 0. The van der Waals surface area contributed by atoms with E-state index >= 15 is 0 Å². The van der Waals surface area contributed by atoms with Crippen molar-refractivity contribution in [2.75, 3.05) is 18.8 Å². The normalized spacial score (nSPS) is 23.5. The largest absolute Gasteiger partial charge is 0.479 e. The van der Waals surface area contributed by atoms with E-state index in [1.54, 1.807) is 0 Å². The molecule has 82 valence electrons. The number of aliphatic hydroxyl groups is 1. The van der Waals surface area contributed by atoms with Crippen molar-refractivity contribution in [3.63, 3.8) is 0 Å². The van der Waals surface area contributed by atoms with Gasteiger partial charge in [0.1, 0.15) is 0 Å². The minimum Gasteiger partial charge on any atom is -0.479 e. The van der Waals surface area contributed by atoms with E-state index in [-0.39, 0.29) is 18.7 Å². The molecule has 0 aromatic carbocycles. The van der Waals surface area contributed by atoms with Crippen LogP contribution in [0.15, 0.2) is 0 Å². The number of carbonyl (C=O) groups is 1. The maximum atomic E-state index is 11.2. The summed E-state index contributed by atoms with van der Waals surface area (Å²) in [5.41, 5.74) is 0. The van der Waals surface area contributed by atoms with E-state index in [1.165, 1.54) is 4.31 Å². The van der Waals surface area contributed by atoms with Crippen LogP contribution >= 0.6 is 0 Å². The summed E-state index contributed by atoms with van der Waals surface area (Å²) in [7, 11) is -3.18. The highest BCUT2D eigenvalue weighted by Crippen LogP contribution is 2.13. The average molecular weight is 223 g/mol. The fraction of sp³-hybridized carbons (Fsp3) is 0.857. The monoisotopic (exact) mass is 223 g/mol. The fourth-order valence-electron chi connectivity index (χ4n) is 1.33. The molecule has 14 heavy (non-hydrogen) atoms. The SMILES string of the molecule is O=C(O)C(O)CCN1CCCS1(=O)=O. The summed E-state index contributed by atoms with van der Waals surface area (Å²) in [6, 6.07) is 0. The topological polar surface area (TPSA) is 94.9 Å². The van der Waals surface area contributed by atoms with E-state index in [1.807, 2.05) is 0 Å². The second-order valence-corrected chi connectivity index (χ2v) is 5.30. The van der Waals surface area contributed by atoms with E-state index in [9.17, 15) is 13.2 Å². The summed E-state index contributed by atoms with van der Waals surface area (Å²) in [4.78, 5) is 10.2. The summed E-state index contributed by atoms with van der Waals surface area (Å²) < 4.78 is 23.7. The van der Waals surface area contributed by atoms with Gasteiger partial charge >= 0.3 is 5.97 Å². The standard InChI is InChI=1S/C7H13NO5S/c9-6(7(10)11)2-4-8-3-1-5-14(8,12)13/h6,9H,1-5H2,(H,10,11). The highest BCUT2D eigenvalue weighted by Gasteiger charge is 2.28. The Morgan fingerprint density at radius 1 is 1.50 bits per heavy atom. The number of sulfonamides is 1. The first-order chi connectivity index (χ1) is 6.43. The molecule has 0 saturated carbocycles. The predicted molar refractivity (Wildman–Crippen MR) is 48.2 cm³/mol. The maximum absolute atomic E-state index is 11.2. The zero-order chi connectivity index (χ0) is 10.8. The number of nitrogens with zero attached hydrogens (tertiary/aromatic N) is 1. The molecule has 1 atom stereocenters. The lowest BCUT2D eigenvalue weighted by molar-refractivity contribution is -0.146. The number of carboxylic acid groups (broad SMARTS) is 1. The number of hydrogen-bond acceptors (Lipinski definition) is 4. The van der Waals surface area contributed by atoms with Gasteiger partial charge in [0.15, 0.2) is 6.10 Å². The van der Waals surface area contributed by atoms with Crippen molar-refractivity contribution in [1.29, 1.82) is 0 Å². The second-order valence-electron chi connectivity index (χ2n) is 3.21. The minimum absolute atomic E-state index is 0.0609. The number of carboxylic acids is 1. The van der Waals surface area contributed by atoms with Gasteiger partial charge in [-0.15, -0.1) is 0 Å². The molecule has 1 heterocycles. The van der Waals surface area contributed by atoms with E-state index in [0.717, 1.165) is 0 Å². The quantitative estimate of drug-likeness (QED) is 0.628. The van der Waals surface area contributed by atoms with Crippen molar-refractivity contribution in [1.82, 2.24) is 4.31 Å². The van der Waals surface area contributed by atoms with Crippen molar-refractivity contribution < 1.29 is 23.4 Å². The molecule has 1 unspecified atom stereocenters. The van der Waals surface area contributed by atoms with Crippen molar-refractivity contribution in [3.8, 4) is 0 Å². The Labute approximate surface area is 82.2 Å². The zero-order valence-corrected chi connectivity index (χ0v) is 8.40. The summed E-state index contributed by atoms with van der Waals surface area (Å²) in [6.07, 6.45) is -0.967. The van der Waals surface area contributed by atoms with Crippen LogP contribution in [-0.4, -0.2) is 53.9 Å². The first-order valence-electron chi connectivity index (χ1n) is 4.32. The summed E-state index contributed by atoms with van der Waals surface area (Å²) in [5, 5.41) is 17.3. The third-order valence-electron chi connectivity index (χ3n) is 2.14. The molecule has 2 N–H and O–H groups in total. The molecule has 0 radical (unpaired) electrons. The molecule has 1 aliphatic heterocycles. The second kappa shape index (κ2) is 4.24. The molecular formula is C7H13NO5S. The third-order valence-corrected chi connectivity index (χ3v) is 4.10. The van der Waals surface area contributed by atoms with Crippen molar-refractivity contribution in [2.24, 2.45) is 0 Å². The number of aliphatic hydroxyl groups excluding tert-OH is 1. The van der Waals surface area contributed by atoms with Gasteiger partial charge in [-0.25, -0.2) is 17.5 Å². The van der Waals surface area contributed by atoms with E-state index in [0.29, 0.717) is 13.0 Å². The molecule has 0 aromatic heterocycles. The number of rotatable bonds is 4. The van der Waals surface area contributed by atoms with Crippen LogP contribution in [0.1, 0.15) is 12.8 Å². The van der Waals surface area contributed by atoms with Gasteiger partial charge < -0.3 is 10.2 Å². The lowest BCUT2D eigenvalue weighted by Crippen LogP contribution is -2.31. The van der Waals surface area contributed by atoms with Gasteiger partial charge in [0, 0.05) is 13.1 Å². The highest BCUT2D eigenvalue weighted by atomic mass is 32.2. The van der Waals surface area contributed by atoms with E-state index in [4.69, 9.17) is 10.2 Å². The Morgan fingerprint density at radius 3 is 2.57 bits per heavy atom. The van der Waals surface area contributed by atoms with Crippen LogP contribution in [0.25, 0.3) is 0 Å². The van der Waals surface area contributed by atoms with E-state index in [2.05, 4.69) is 0 Å². The summed E-state index contributed by atoms with van der Waals surface area (Å²) in [6.45, 7) is 0.504.